The van der Waals surface area contributed by atoms with Gasteiger partial charge in [0.1, 0.15) is 10.8 Å². The van der Waals surface area contributed by atoms with Crippen molar-refractivity contribution >= 4 is 29.1 Å². The smallest absolute Gasteiger partial charge is 0.415 e. The lowest BCUT2D eigenvalue weighted by Gasteiger charge is -2.27. The largest absolute Gasteiger partial charge is 0.496 e. The Labute approximate surface area is 177 Å². The van der Waals surface area contributed by atoms with E-state index in [0.29, 0.717) is 34.1 Å². The van der Waals surface area contributed by atoms with Crippen LogP contribution in [-0.4, -0.2) is 30.7 Å². The molecule has 8 nitrogen and oxygen atoms in total. The maximum absolute atomic E-state index is 13.1. The highest BCUT2D eigenvalue weighted by atomic mass is 32.1. The Hall–Kier alpha value is -3.64. The molecule has 1 aromatic carbocycles. The first-order valence-electron chi connectivity index (χ1n) is 9.16. The van der Waals surface area contributed by atoms with Crippen LogP contribution in [0.25, 0.3) is 5.70 Å². The number of rotatable bonds is 5. The van der Waals surface area contributed by atoms with Gasteiger partial charge in [0, 0.05) is 35.3 Å². The monoisotopic (exact) mass is 424 g/mol. The third kappa shape index (κ3) is 4.34. The normalized spacial score (nSPS) is 15.5. The van der Waals surface area contributed by atoms with Crippen LogP contribution in [0.1, 0.15) is 35.9 Å². The predicted octanol–water partition coefficient (Wildman–Crippen LogP) is 3.30. The van der Waals surface area contributed by atoms with Gasteiger partial charge >= 0.3 is 12.1 Å². The van der Waals surface area contributed by atoms with E-state index in [1.54, 1.807) is 36.7 Å². The number of carbonyl (C=O) groups excluding carboxylic acids is 2. The van der Waals surface area contributed by atoms with Gasteiger partial charge in [-0.05, 0) is 26.0 Å². The van der Waals surface area contributed by atoms with Crippen LogP contribution >= 0.6 is 11.3 Å². The molecule has 1 aromatic heterocycles. The fourth-order valence-corrected chi connectivity index (χ4v) is 3.79. The van der Waals surface area contributed by atoms with Crippen molar-refractivity contribution in [1.29, 1.82) is 5.26 Å². The molecule has 0 bridgehead atoms. The Morgan fingerprint density at radius 1 is 1.40 bits per heavy atom. The molecule has 1 unspecified atom stereocenters. The summed E-state index contributed by atoms with van der Waals surface area (Å²) in [7, 11) is 1.50. The number of methoxy groups -OCH3 is 1. The Bertz CT molecular complexity index is 1070. The van der Waals surface area contributed by atoms with Crippen molar-refractivity contribution in [2.75, 3.05) is 13.7 Å². The molecular weight excluding hydrogens is 404 g/mol. The molecule has 0 aliphatic carbocycles. The number of nitriles is 1. The van der Waals surface area contributed by atoms with Gasteiger partial charge in [-0.25, -0.2) is 14.6 Å². The number of allylic oxidation sites excluding steroid dienone is 2. The summed E-state index contributed by atoms with van der Waals surface area (Å²) in [6.07, 6.45) is 2.65. The number of hydrogen-bond donors (Lipinski definition) is 2. The summed E-state index contributed by atoms with van der Waals surface area (Å²) in [4.78, 5) is 29.3. The van der Waals surface area contributed by atoms with Gasteiger partial charge in [-0.3, -0.25) is 0 Å². The number of amides is 1. The van der Waals surface area contributed by atoms with Crippen molar-refractivity contribution in [3.63, 3.8) is 0 Å². The molecule has 0 fully saturated rings. The first-order valence-corrected chi connectivity index (χ1v) is 10.0. The van der Waals surface area contributed by atoms with Crippen molar-refractivity contribution in [3.8, 4) is 11.8 Å². The topological polar surface area (TPSA) is 113 Å². The van der Waals surface area contributed by atoms with Crippen LogP contribution in [-0.2, 0) is 9.53 Å². The van der Waals surface area contributed by atoms with E-state index in [0.717, 1.165) is 5.70 Å². The van der Waals surface area contributed by atoms with Gasteiger partial charge < -0.3 is 20.1 Å². The molecule has 0 spiro atoms. The quantitative estimate of drug-likeness (QED) is 0.559. The lowest BCUT2D eigenvalue weighted by atomic mass is 9.85. The van der Waals surface area contributed by atoms with Crippen LogP contribution in [0.15, 0.2) is 47.1 Å². The van der Waals surface area contributed by atoms with Crippen molar-refractivity contribution in [3.05, 3.63) is 63.3 Å². The summed E-state index contributed by atoms with van der Waals surface area (Å²) in [5.41, 5.74) is 2.58. The van der Waals surface area contributed by atoms with Crippen LogP contribution < -0.4 is 15.4 Å². The summed E-state index contributed by atoms with van der Waals surface area (Å²) in [6, 6.07) is 7.06. The number of alkyl carbamates (subject to hydrolysis) is 1. The van der Waals surface area contributed by atoms with Crippen molar-refractivity contribution < 1.29 is 19.1 Å². The van der Waals surface area contributed by atoms with E-state index in [1.807, 2.05) is 13.0 Å². The van der Waals surface area contributed by atoms with Crippen molar-refractivity contribution in [2.24, 2.45) is 0 Å². The number of carbonyl (C=O) groups is 2. The molecule has 0 saturated heterocycles. The fraction of sp³-hybridized carbons (Fsp3) is 0.238. The second-order valence-electron chi connectivity index (χ2n) is 6.35. The fourth-order valence-electron chi connectivity index (χ4n) is 3.14. The molecule has 2 aromatic rings. The van der Waals surface area contributed by atoms with Gasteiger partial charge in [0.25, 0.3) is 0 Å². The number of esters is 1. The lowest BCUT2D eigenvalue weighted by molar-refractivity contribution is -0.133. The zero-order valence-corrected chi connectivity index (χ0v) is 17.5. The molecule has 154 valence electrons. The summed E-state index contributed by atoms with van der Waals surface area (Å²) < 4.78 is 10.5. The van der Waals surface area contributed by atoms with E-state index in [9.17, 15) is 14.9 Å². The van der Waals surface area contributed by atoms with Crippen LogP contribution in [0.5, 0.6) is 5.75 Å². The van der Waals surface area contributed by atoms with Crippen molar-refractivity contribution in [2.45, 2.75) is 19.8 Å². The number of ether oxygens (including phenoxy) is 2. The number of thiazole rings is 1. The standard InChI is InChI=1S/C21H20N4O4S/c1-4-23-21(27)29-20(26)17-15(14-6-5-13(11-22)10-16(14)28-3)9-12(2)25-18(17)19-24-7-8-30-19/h5-10,15,25H,4H2,1-3H3,(H,23,27). The second kappa shape index (κ2) is 9.24. The molecule has 3 rings (SSSR count). The number of nitrogens with zero attached hydrogens (tertiary/aromatic N) is 2. The van der Waals surface area contributed by atoms with E-state index in [4.69, 9.17) is 9.47 Å². The van der Waals surface area contributed by atoms with Crippen LogP contribution in [0.4, 0.5) is 4.79 Å². The third-order valence-corrected chi connectivity index (χ3v) is 5.18. The predicted molar refractivity (Wildman–Crippen MR) is 112 cm³/mol. The average Bonchev–Trinajstić information content (AvgIpc) is 3.27. The number of dihydropyridines is 1. The zero-order chi connectivity index (χ0) is 21.7. The summed E-state index contributed by atoms with van der Waals surface area (Å²) in [5, 5.41) is 17.2. The minimum atomic E-state index is -0.828. The highest BCUT2D eigenvalue weighted by Gasteiger charge is 2.34. The van der Waals surface area contributed by atoms with E-state index in [-0.39, 0.29) is 5.57 Å². The van der Waals surface area contributed by atoms with Gasteiger partial charge in [0.05, 0.1) is 30.0 Å². The van der Waals surface area contributed by atoms with Crippen LogP contribution in [0.3, 0.4) is 0 Å². The van der Waals surface area contributed by atoms with Crippen LogP contribution in [0, 0.1) is 11.3 Å². The number of benzene rings is 1. The minimum Gasteiger partial charge on any atom is -0.496 e. The van der Waals surface area contributed by atoms with Gasteiger partial charge in [-0.1, -0.05) is 12.1 Å². The summed E-state index contributed by atoms with van der Waals surface area (Å²) in [6.45, 7) is 3.92. The maximum Gasteiger partial charge on any atom is 0.415 e. The molecule has 9 heteroatoms. The van der Waals surface area contributed by atoms with Gasteiger partial charge in [0.2, 0.25) is 0 Å². The highest BCUT2D eigenvalue weighted by molar-refractivity contribution is 7.10. The maximum atomic E-state index is 13.1. The molecule has 1 aliphatic rings. The highest BCUT2D eigenvalue weighted by Crippen LogP contribution is 2.40. The molecule has 0 saturated carbocycles. The number of hydrogen-bond acceptors (Lipinski definition) is 8. The minimum absolute atomic E-state index is 0.227. The van der Waals surface area contributed by atoms with Gasteiger partial charge in [-0.15, -0.1) is 11.3 Å². The summed E-state index contributed by atoms with van der Waals surface area (Å²) >= 11 is 1.35. The van der Waals surface area contributed by atoms with E-state index in [1.165, 1.54) is 18.4 Å². The Morgan fingerprint density at radius 2 is 2.20 bits per heavy atom. The van der Waals surface area contributed by atoms with E-state index < -0.39 is 18.0 Å². The molecule has 1 atom stereocenters. The Balaban J connectivity index is 2.16. The van der Waals surface area contributed by atoms with Crippen molar-refractivity contribution in [1.82, 2.24) is 15.6 Å². The van der Waals surface area contributed by atoms with Gasteiger partial charge in [-0.2, -0.15) is 5.26 Å². The molecule has 2 N–H and O–H groups in total. The molecule has 30 heavy (non-hydrogen) atoms. The Morgan fingerprint density at radius 3 is 2.83 bits per heavy atom. The second-order valence-corrected chi connectivity index (χ2v) is 7.25. The Kier molecular flexibility index (Phi) is 6.49. The molecule has 0 radical (unpaired) electrons. The molecular formula is C21H20N4O4S. The first kappa shape index (κ1) is 21.1. The average molecular weight is 424 g/mol. The van der Waals surface area contributed by atoms with E-state index >= 15 is 0 Å². The molecule has 2 heterocycles. The molecule has 1 amide bonds. The third-order valence-electron chi connectivity index (χ3n) is 4.39. The van der Waals surface area contributed by atoms with Crippen LogP contribution in [0.2, 0.25) is 0 Å². The number of aromatic nitrogens is 1. The summed E-state index contributed by atoms with van der Waals surface area (Å²) in [5.74, 6) is -0.916. The first-order chi connectivity index (χ1) is 14.5. The SMILES string of the molecule is CCNC(=O)OC(=O)C1=C(c2nccs2)NC(C)=CC1c1ccc(C#N)cc1OC. The molecule has 1 aliphatic heterocycles. The van der Waals surface area contributed by atoms with Gasteiger partial charge in [0.15, 0.2) is 0 Å². The number of nitrogens with one attached hydrogen (secondary N) is 2. The van der Waals surface area contributed by atoms with E-state index in [2.05, 4.69) is 21.7 Å². The zero-order valence-electron chi connectivity index (χ0n) is 16.7. The lowest BCUT2D eigenvalue weighted by Crippen LogP contribution is -2.31.